The quantitative estimate of drug-likeness (QED) is 0.168. The Bertz CT molecular complexity index is 1930. The van der Waals surface area contributed by atoms with Crippen LogP contribution < -0.4 is 10.1 Å². The van der Waals surface area contributed by atoms with Crippen molar-refractivity contribution in [1.82, 2.24) is 30.0 Å². The van der Waals surface area contributed by atoms with E-state index in [1.54, 1.807) is 12.4 Å². The fourth-order valence-corrected chi connectivity index (χ4v) is 5.03. The summed E-state index contributed by atoms with van der Waals surface area (Å²) in [5.41, 5.74) is 7.49. The third kappa shape index (κ3) is 6.09. The Labute approximate surface area is 248 Å². The van der Waals surface area contributed by atoms with Crippen LogP contribution >= 0.6 is 0 Å². The Morgan fingerprint density at radius 1 is 1.02 bits per heavy atom. The molecule has 43 heavy (non-hydrogen) atoms. The molecule has 0 unspecified atom stereocenters. The summed E-state index contributed by atoms with van der Waals surface area (Å²) in [5.74, 6) is 0.0817. The Morgan fingerprint density at radius 3 is 2.74 bits per heavy atom. The molecular formula is C33H32FN7O2. The molecule has 0 spiro atoms. The normalized spacial score (nSPS) is 11.5. The number of hydrogen-bond donors (Lipinski definition) is 3. The van der Waals surface area contributed by atoms with Crippen LogP contribution in [0, 0.1) is 5.82 Å². The Kier molecular flexibility index (Phi) is 7.84. The molecule has 0 fully saturated rings. The van der Waals surface area contributed by atoms with Crippen molar-refractivity contribution in [2.75, 3.05) is 32.6 Å². The van der Waals surface area contributed by atoms with Gasteiger partial charge in [0.1, 0.15) is 29.4 Å². The van der Waals surface area contributed by atoms with Gasteiger partial charge in [0.2, 0.25) is 5.91 Å². The van der Waals surface area contributed by atoms with Gasteiger partial charge >= 0.3 is 0 Å². The van der Waals surface area contributed by atoms with Crippen LogP contribution in [0.3, 0.4) is 0 Å². The molecule has 9 nitrogen and oxygen atoms in total. The first-order valence-electron chi connectivity index (χ1n) is 14.2. The van der Waals surface area contributed by atoms with Gasteiger partial charge in [-0.05, 0) is 74.1 Å². The molecule has 6 aromatic rings. The number of anilines is 1. The number of rotatable bonds is 10. The van der Waals surface area contributed by atoms with E-state index < -0.39 is 0 Å². The van der Waals surface area contributed by atoms with Crippen LogP contribution in [0.4, 0.5) is 10.1 Å². The van der Waals surface area contributed by atoms with E-state index in [2.05, 4.69) is 25.5 Å². The van der Waals surface area contributed by atoms with Crippen molar-refractivity contribution < 1.29 is 13.9 Å². The lowest BCUT2D eigenvalue weighted by molar-refractivity contribution is -0.116. The number of pyridine rings is 2. The van der Waals surface area contributed by atoms with E-state index >= 15 is 0 Å². The standard InChI is InChI=1S/C33H32FN7O2/c1-4-6-31(42)36-23-14-21(18-35-19-23)27-9-10-29-32(38-27)33(40-39-29)30-17-26-25(7-5-8-28(26)37-30)20-13-22(34)16-24(15-20)43-12-11-41(2)3/h5,7-10,13-19,37H,4,6,11-12H2,1-3H3,(H,36,42)(H,39,40). The maximum Gasteiger partial charge on any atom is 0.224 e. The number of aromatic amines is 2. The first-order valence-corrected chi connectivity index (χ1v) is 14.2. The van der Waals surface area contributed by atoms with E-state index in [4.69, 9.17) is 9.72 Å². The lowest BCUT2D eigenvalue weighted by Crippen LogP contribution is -2.19. The molecule has 218 valence electrons. The van der Waals surface area contributed by atoms with Gasteiger partial charge in [-0.25, -0.2) is 9.37 Å². The lowest BCUT2D eigenvalue weighted by Gasteiger charge is -2.12. The van der Waals surface area contributed by atoms with Gasteiger partial charge in [-0.3, -0.25) is 14.9 Å². The molecule has 0 radical (unpaired) electrons. The van der Waals surface area contributed by atoms with Gasteiger partial charge in [0.25, 0.3) is 0 Å². The summed E-state index contributed by atoms with van der Waals surface area (Å²) in [7, 11) is 3.93. The number of carbonyl (C=O) groups is 1. The number of ether oxygens (including phenoxy) is 1. The van der Waals surface area contributed by atoms with E-state index in [1.807, 2.05) is 74.4 Å². The van der Waals surface area contributed by atoms with Gasteiger partial charge in [-0.15, -0.1) is 0 Å². The van der Waals surface area contributed by atoms with Crippen molar-refractivity contribution in [3.63, 3.8) is 0 Å². The van der Waals surface area contributed by atoms with Crippen molar-refractivity contribution >= 4 is 33.5 Å². The second kappa shape index (κ2) is 12.0. The van der Waals surface area contributed by atoms with E-state index in [0.29, 0.717) is 41.4 Å². The highest BCUT2D eigenvalue weighted by atomic mass is 19.1. The van der Waals surface area contributed by atoms with Crippen molar-refractivity contribution in [2.45, 2.75) is 19.8 Å². The van der Waals surface area contributed by atoms with Gasteiger partial charge in [0.15, 0.2) is 0 Å². The number of H-pyrrole nitrogens is 2. The fourth-order valence-electron chi connectivity index (χ4n) is 5.03. The summed E-state index contributed by atoms with van der Waals surface area (Å²) >= 11 is 0. The summed E-state index contributed by atoms with van der Waals surface area (Å²) in [4.78, 5) is 26.8. The van der Waals surface area contributed by atoms with Crippen molar-refractivity contribution in [3.8, 4) is 39.5 Å². The molecule has 4 heterocycles. The maximum atomic E-state index is 14.7. The van der Waals surface area contributed by atoms with Gasteiger partial charge in [-0.1, -0.05) is 19.1 Å². The van der Waals surface area contributed by atoms with E-state index in [-0.39, 0.29) is 11.7 Å². The summed E-state index contributed by atoms with van der Waals surface area (Å²) in [6.07, 6.45) is 4.56. The molecular weight excluding hydrogens is 545 g/mol. The predicted molar refractivity (Wildman–Crippen MR) is 167 cm³/mol. The molecule has 2 aromatic carbocycles. The molecule has 0 saturated carbocycles. The number of likely N-dealkylation sites (N-methyl/N-ethyl adjacent to an activating group) is 1. The number of aromatic nitrogens is 5. The number of halogens is 1. The van der Waals surface area contributed by atoms with E-state index in [1.165, 1.54) is 12.1 Å². The Morgan fingerprint density at radius 2 is 1.91 bits per heavy atom. The molecule has 0 bridgehead atoms. The van der Waals surface area contributed by atoms with Crippen LogP contribution in [0.2, 0.25) is 0 Å². The topological polar surface area (TPSA) is 112 Å². The molecule has 3 N–H and O–H groups in total. The summed E-state index contributed by atoms with van der Waals surface area (Å²) in [5, 5.41) is 11.5. The minimum absolute atomic E-state index is 0.0496. The third-order valence-corrected chi connectivity index (χ3v) is 7.11. The predicted octanol–water partition coefficient (Wildman–Crippen LogP) is 6.65. The second-order valence-electron chi connectivity index (χ2n) is 10.7. The molecule has 4 aromatic heterocycles. The average molecular weight is 578 g/mol. The first-order chi connectivity index (χ1) is 20.9. The van der Waals surface area contributed by atoms with E-state index in [9.17, 15) is 9.18 Å². The zero-order chi connectivity index (χ0) is 29.9. The molecule has 1 amide bonds. The minimum atomic E-state index is -0.358. The van der Waals surface area contributed by atoms with Crippen LogP contribution in [0.5, 0.6) is 5.75 Å². The molecule has 0 atom stereocenters. The fraction of sp³-hybridized carbons (Fsp3) is 0.212. The number of amides is 1. The van der Waals surface area contributed by atoms with Crippen LogP contribution in [0.1, 0.15) is 19.8 Å². The largest absolute Gasteiger partial charge is 0.492 e. The molecule has 0 aliphatic rings. The van der Waals surface area contributed by atoms with Crippen molar-refractivity contribution in [3.05, 3.63) is 78.9 Å². The molecule has 6 rings (SSSR count). The molecule has 10 heteroatoms. The van der Waals surface area contributed by atoms with Gasteiger partial charge in [0.05, 0.1) is 28.8 Å². The third-order valence-electron chi connectivity index (χ3n) is 7.11. The van der Waals surface area contributed by atoms with Crippen LogP contribution in [0.15, 0.2) is 73.1 Å². The lowest BCUT2D eigenvalue weighted by atomic mass is 10.0. The molecule has 0 aliphatic heterocycles. The number of nitrogens with zero attached hydrogens (tertiary/aromatic N) is 4. The number of fused-ring (bicyclic) bond motifs is 2. The van der Waals surface area contributed by atoms with Crippen LogP contribution in [-0.2, 0) is 4.79 Å². The zero-order valence-electron chi connectivity index (χ0n) is 24.2. The number of carbonyl (C=O) groups excluding carboxylic acids is 1. The Balaban J connectivity index is 1.35. The summed E-state index contributed by atoms with van der Waals surface area (Å²) < 4.78 is 20.5. The summed E-state index contributed by atoms with van der Waals surface area (Å²) in [6.45, 7) is 3.15. The molecule has 0 aliphatic carbocycles. The molecule has 0 saturated heterocycles. The minimum Gasteiger partial charge on any atom is -0.492 e. The highest BCUT2D eigenvalue weighted by Crippen LogP contribution is 2.36. The van der Waals surface area contributed by atoms with Gasteiger partial charge in [-0.2, -0.15) is 5.10 Å². The smallest absolute Gasteiger partial charge is 0.224 e. The first kappa shape index (κ1) is 28.0. The zero-order valence-corrected chi connectivity index (χ0v) is 24.2. The van der Waals surface area contributed by atoms with Crippen molar-refractivity contribution in [1.29, 1.82) is 0 Å². The Hall–Kier alpha value is -5.09. The second-order valence-corrected chi connectivity index (χ2v) is 10.7. The highest BCUT2D eigenvalue weighted by molar-refractivity contribution is 6.00. The van der Waals surface area contributed by atoms with Gasteiger partial charge < -0.3 is 19.9 Å². The monoisotopic (exact) mass is 577 g/mol. The average Bonchev–Trinajstić information content (AvgIpc) is 3.60. The number of nitrogens with one attached hydrogen (secondary N) is 3. The highest BCUT2D eigenvalue weighted by Gasteiger charge is 2.16. The van der Waals surface area contributed by atoms with E-state index in [0.717, 1.165) is 51.8 Å². The number of hydrogen-bond acceptors (Lipinski definition) is 6. The number of benzene rings is 2. The maximum absolute atomic E-state index is 14.7. The summed E-state index contributed by atoms with van der Waals surface area (Å²) in [6, 6.07) is 18.4. The van der Waals surface area contributed by atoms with Crippen molar-refractivity contribution in [2.24, 2.45) is 0 Å². The SMILES string of the molecule is CCCC(=O)Nc1cncc(-c2ccc3[nH]nc(-c4cc5c(-c6cc(F)cc(OCCN(C)C)c6)cccc5[nH]4)c3n2)c1. The van der Waals surface area contributed by atoms with Crippen LogP contribution in [-0.4, -0.2) is 63.2 Å². The van der Waals surface area contributed by atoms with Gasteiger partial charge in [0, 0.05) is 41.7 Å². The van der Waals surface area contributed by atoms with Crippen LogP contribution in [0.25, 0.3) is 55.7 Å².